The summed E-state index contributed by atoms with van der Waals surface area (Å²) < 4.78 is 16.7. The van der Waals surface area contributed by atoms with Gasteiger partial charge in [0.15, 0.2) is 11.5 Å². The number of hydrogen-bond donors (Lipinski definition) is 0. The summed E-state index contributed by atoms with van der Waals surface area (Å²) in [7, 11) is 0. The van der Waals surface area contributed by atoms with Crippen molar-refractivity contribution in [3.05, 3.63) is 83.3 Å². The van der Waals surface area contributed by atoms with Gasteiger partial charge in [0.1, 0.15) is 11.5 Å². The summed E-state index contributed by atoms with van der Waals surface area (Å²) in [6.45, 7) is 7.50. The summed E-state index contributed by atoms with van der Waals surface area (Å²) in [5.74, 6) is 3.25. The van der Waals surface area contributed by atoms with Gasteiger partial charge in [-0.2, -0.15) is 0 Å². The molecule has 1 fully saturated rings. The van der Waals surface area contributed by atoms with Gasteiger partial charge in [0, 0.05) is 19.0 Å². The van der Waals surface area contributed by atoms with Gasteiger partial charge in [0.25, 0.3) is 0 Å². The van der Waals surface area contributed by atoms with Crippen molar-refractivity contribution in [2.75, 3.05) is 19.9 Å². The van der Waals surface area contributed by atoms with E-state index in [1.165, 1.54) is 5.56 Å². The molecule has 2 heterocycles. The fourth-order valence-corrected chi connectivity index (χ4v) is 4.96. The third-order valence-corrected chi connectivity index (χ3v) is 6.86. The lowest BCUT2D eigenvalue weighted by molar-refractivity contribution is -0.142. The predicted molar refractivity (Wildman–Crippen MR) is 139 cm³/mol. The van der Waals surface area contributed by atoms with Gasteiger partial charge in [-0.25, -0.2) is 0 Å². The van der Waals surface area contributed by atoms with Gasteiger partial charge in [-0.3, -0.25) is 9.59 Å². The van der Waals surface area contributed by atoms with Crippen LogP contribution < -0.4 is 9.47 Å². The van der Waals surface area contributed by atoms with E-state index in [2.05, 4.69) is 26.0 Å². The topological polar surface area (TPSA) is 72.2 Å². The molecule has 1 aliphatic carbocycles. The monoisotopic (exact) mass is 502 g/mol. The average molecular weight is 503 g/mol. The third-order valence-electron chi connectivity index (χ3n) is 6.86. The molecule has 7 nitrogen and oxygen atoms in total. The first-order valence-electron chi connectivity index (χ1n) is 12.9. The number of carbonyl (C=O) groups excluding carboxylic acids is 2. The van der Waals surface area contributed by atoms with Gasteiger partial charge in [-0.15, -0.1) is 0 Å². The highest BCUT2D eigenvalue weighted by Gasteiger charge is 2.46. The highest BCUT2D eigenvalue weighted by atomic mass is 16.7. The number of furan rings is 1. The second kappa shape index (κ2) is 10.7. The van der Waals surface area contributed by atoms with Crippen molar-refractivity contribution < 1.29 is 23.5 Å². The van der Waals surface area contributed by atoms with Crippen LogP contribution in [-0.2, 0) is 22.7 Å². The summed E-state index contributed by atoms with van der Waals surface area (Å²) in [6, 6.07) is 19.6. The van der Waals surface area contributed by atoms with Crippen LogP contribution in [0.1, 0.15) is 48.8 Å². The van der Waals surface area contributed by atoms with E-state index in [9.17, 15) is 9.59 Å². The van der Waals surface area contributed by atoms with E-state index in [1.54, 1.807) is 9.80 Å². The molecule has 0 bridgehead atoms. The van der Waals surface area contributed by atoms with E-state index >= 15 is 0 Å². The molecule has 3 aromatic rings. The van der Waals surface area contributed by atoms with Crippen LogP contribution in [0.25, 0.3) is 0 Å². The summed E-state index contributed by atoms with van der Waals surface area (Å²) in [5, 5.41) is 0. The van der Waals surface area contributed by atoms with Gasteiger partial charge in [0.2, 0.25) is 18.6 Å². The number of hydrogen-bond acceptors (Lipinski definition) is 5. The molecule has 2 atom stereocenters. The smallest absolute Gasteiger partial charge is 0.242 e. The maximum Gasteiger partial charge on any atom is 0.242 e. The van der Waals surface area contributed by atoms with E-state index in [1.807, 2.05) is 55.5 Å². The number of aryl methyl sites for hydroxylation is 1. The molecule has 1 saturated carbocycles. The summed E-state index contributed by atoms with van der Waals surface area (Å²) >= 11 is 0. The third kappa shape index (κ3) is 5.98. The van der Waals surface area contributed by atoms with E-state index in [-0.39, 0.29) is 42.9 Å². The van der Waals surface area contributed by atoms with Gasteiger partial charge in [0.05, 0.1) is 13.1 Å². The average Bonchev–Trinajstić information content (AvgIpc) is 3.36. The molecule has 7 heteroatoms. The Balaban J connectivity index is 1.32. The minimum Gasteiger partial charge on any atom is -0.464 e. The maximum absolute atomic E-state index is 13.7. The molecule has 194 valence electrons. The number of rotatable bonds is 10. The molecule has 5 rings (SSSR count). The molecule has 0 saturated heterocycles. The Hall–Kier alpha value is -3.74. The normalized spacial score (nSPS) is 17.6. The maximum atomic E-state index is 13.7. The molecular weight excluding hydrogens is 468 g/mol. The molecule has 0 spiro atoms. The Labute approximate surface area is 218 Å². The van der Waals surface area contributed by atoms with Crippen molar-refractivity contribution in [1.29, 1.82) is 0 Å². The van der Waals surface area contributed by atoms with E-state index in [0.717, 1.165) is 17.7 Å². The zero-order valence-corrected chi connectivity index (χ0v) is 21.7. The van der Waals surface area contributed by atoms with Crippen LogP contribution in [-0.4, -0.2) is 41.5 Å². The van der Waals surface area contributed by atoms with Crippen LogP contribution in [0.15, 0.2) is 65.1 Å². The number of amides is 2. The van der Waals surface area contributed by atoms with Crippen LogP contribution in [0, 0.1) is 18.8 Å². The predicted octanol–water partition coefficient (Wildman–Crippen LogP) is 5.13. The molecule has 37 heavy (non-hydrogen) atoms. The van der Waals surface area contributed by atoms with Crippen LogP contribution in [0.3, 0.4) is 0 Å². The van der Waals surface area contributed by atoms with Crippen LogP contribution in [0.4, 0.5) is 0 Å². The fourth-order valence-electron chi connectivity index (χ4n) is 4.96. The van der Waals surface area contributed by atoms with Crippen LogP contribution in [0.5, 0.6) is 11.5 Å². The van der Waals surface area contributed by atoms with Crippen molar-refractivity contribution in [2.24, 2.45) is 11.8 Å². The number of ether oxygens (including phenoxy) is 2. The summed E-state index contributed by atoms with van der Waals surface area (Å²) in [5.41, 5.74) is 2.11. The Bertz CT molecular complexity index is 1250. The SMILES string of the molecule is Cc1ccc(CN(Cc2ccc3c(c2)OCO3)C(=O)CN(CC(C)C)C(=O)C2CC2c2ccccc2)o1. The molecule has 1 aliphatic heterocycles. The Kier molecular flexibility index (Phi) is 7.22. The minimum absolute atomic E-state index is 0.0409. The molecule has 2 aromatic carbocycles. The lowest BCUT2D eigenvalue weighted by atomic mass is 10.1. The Morgan fingerprint density at radius 1 is 0.946 bits per heavy atom. The standard InChI is InChI=1S/C30H34N2O5/c1-20(2)15-32(30(34)26-14-25(26)23-7-5-4-6-8-23)18-29(33)31(17-24-11-9-21(3)37-24)16-22-10-12-27-28(13-22)36-19-35-27/h4-13,20,25-26H,14-19H2,1-3H3. The second-order valence-electron chi connectivity index (χ2n) is 10.4. The zero-order valence-electron chi connectivity index (χ0n) is 21.7. The molecule has 2 aliphatic rings. The van der Waals surface area contributed by atoms with Gasteiger partial charge in [-0.1, -0.05) is 50.2 Å². The fraction of sp³-hybridized carbons (Fsp3) is 0.400. The first kappa shape index (κ1) is 24.9. The summed E-state index contributed by atoms with van der Waals surface area (Å²) in [6.07, 6.45) is 0.832. The van der Waals surface area contributed by atoms with Gasteiger partial charge >= 0.3 is 0 Å². The summed E-state index contributed by atoms with van der Waals surface area (Å²) in [4.78, 5) is 30.8. The molecule has 0 radical (unpaired) electrons. The van der Waals surface area contributed by atoms with Crippen molar-refractivity contribution in [2.45, 2.75) is 46.2 Å². The lowest BCUT2D eigenvalue weighted by Crippen LogP contribution is -2.44. The Morgan fingerprint density at radius 3 is 2.46 bits per heavy atom. The number of nitrogens with zero attached hydrogens (tertiary/aromatic N) is 2. The first-order valence-corrected chi connectivity index (χ1v) is 12.9. The quantitative estimate of drug-likeness (QED) is 0.384. The minimum atomic E-state index is -0.113. The molecule has 2 unspecified atom stereocenters. The van der Waals surface area contributed by atoms with Crippen LogP contribution in [0.2, 0.25) is 0 Å². The first-order chi connectivity index (χ1) is 17.9. The largest absolute Gasteiger partial charge is 0.464 e. The molecule has 2 amide bonds. The number of carbonyl (C=O) groups is 2. The Morgan fingerprint density at radius 2 is 1.73 bits per heavy atom. The highest BCUT2D eigenvalue weighted by molar-refractivity contribution is 5.88. The molecule has 1 aromatic heterocycles. The van der Waals surface area contributed by atoms with Crippen molar-refractivity contribution >= 4 is 11.8 Å². The second-order valence-corrected chi connectivity index (χ2v) is 10.4. The van der Waals surface area contributed by atoms with Crippen molar-refractivity contribution in [3.63, 3.8) is 0 Å². The van der Waals surface area contributed by atoms with E-state index in [0.29, 0.717) is 36.9 Å². The van der Waals surface area contributed by atoms with E-state index in [4.69, 9.17) is 13.9 Å². The van der Waals surface area contributed by atoms with Crippen LogP contribution >= 0.6 is 0 Å². The van der Waals surface area contributed by atoms with Crippen molar-refractivity contribution in [3.8, 4) is 11.5 Å². The molecular formula is C30H34N2O5. The number of benzene rings is 2. The number of fused-ring (bicyclic) bond motifs is 1. The van der Waals surface area contributed by atoms with Gasteiger partial charge in [-0.05, 0) is 60.6 Å². The lowest BCUT2D eigenvalue weighted by Gasteiger charge is -2.29. The molecule has 0 N–H and O–H groups in total. The van der Waals surface area contributed by atoms with Gasteiger partial charge < -0.3 is 23.7 Å². The van der Waals surface area contributed by atoms with E-state index < -0.39 is 0 Å². The highest BCUT2D eigenvalue weighted by Crippen LogP contribution is 2.48. The zero-order chi connectivity index (χ0) is 25.9. The van der Waals surface area contributed by atoms with Crippen molar-refractivity contribution in [1.82, 2.24) is 9.80 Å².